The largest absolute Gasteiger partial charge is 0.444 e. The lowest BCUT2D eigenvalue weighted by Crippen LogP contribution is -2.26. The van der Waals surface area contributed by atoms with Crippen LogP contribution in [0.5, 0.6) is 0 Å². The standard InChI is InChI=1S/C22H16ClF3N2O3/c23-17-10-9-14(11-18(17)27)21(30)31-19(13-5-2-1-3-6-13)20(29)28-16-8-4-7-15(12-16)22(24,25)26/h1-12,19H,27H2,(H,28,29). The van der Waals surface area contributed by atoms with Gasteiger partial charge in [-0.2, -0.15) is 13.2 Å². The fraction of sp³-hybridized carbons (Fsp3) is 0.0909. The molecule has 0 saturated heterocycles. The van der Waals surface area contributed by atoms with Gasteiger partial charge in [0, 0.05) is 11.3 Å². The van der Waals surface area contributed by atoms with Gasteiger partial charge in [0.05, 0.1) is 21.8 Å². The first-order valence-electron chi connectivity index (χ1n) is 8.94. The van der Waals surface area contributed by atoms with Gasteiger partial charge < -0.3 is 15.8 Å². The van der Waals surface area contributed by atoms with Gasteiger partial charge in [-0.15, -0.1) is 0 Å². The molecule has 9 heteroatoms. The Bertz CT molecular complexity index is 1100. The van der Waals surface area contributed by atoms with E-state index in [1.807, 2.05) is 0 Å². The van der Waals surface area contributed by atoms with Crippen molar-refractivity contribution >= 4 is 34.9 Å². The Balaban J connectivity index is 1.86. The van der Waals surface area contributed by atoms with Gasteiger partial charge in [0.15, 0.2) is 0 Å². The highest BCUT2D eigenvalue weighted by Crippen LogP contribution is 2.31. The van der Waals surface area contributed by atoms with Crippen LogP contribution in [0.4, 0.5) is 24.5 Å². The molecule has 0 aliphatic heterocycles. The third-order valence-corrected chi connectivity index (χ3v) is 4.60. The van der Waals surface area contributed by atoms with Crippen LogP contribution in [0.25, 0.3) is 0 Å². The molecule has 0 spiro atoms. The molecule has 0 aliphatic carbocycles. The van der Waals surface area contributed by atoms with Gasteiger partial charge in [0.1, 0.15) is 0 Å². The number of carbonyl (C=O) groups is 2. The first kappa shape index (κ1) is 22.2. The molecular formula is C22H16ClF3N2O3. The summed E-state index contributed by atoms with van der Waals surface area (Å²) >= 11 is 5.85. The fourth-order valence-electron chi connectivity index (χ4n) is 2.73. The Morgan fingerprint density at radius 2 is 1.68 bits per heavy atom. The summed E-state index contributed by atoms with van der Waals surface area (Å²) in [6, 6.07) is 16.3. The Morgan fingerprint density at radius 3 is 2.32 bits per heavy atom. The first-order valence-corrected chi connectivity index (χ1v) is 9.32. The molecule has 0 radical (unpaired) electrons. The second-order valence-corrected chi connectivity index (χ2v) is 6.91. The van der Waals surface area contributed by atoms with Crippen LogP contribution < -0.4 is 11.1 Å². The van der Waals surface area contributed by atoms with E-state index in [4.69, 9.17) is 22.1 Å². The van der Waals surface area contributed by atoms with Crippen LogP contribution in [0.2, 0.25) is 5.02 Å². The minimum Gasteiger partial charge on any atom is -0.444 e. The Hall–Kier alpha value is -3.52. The molecule has 0 aliphatic rings. The Morgan fingerprint density at radius 1 is 0.968 bits per heavy atom. The highest BCUT2D eigenvalue weighted by Gasteiger charge is 2.31. The maximum Gasteiger partial charge on any atom is 0.416 e. The number of hydrogen-bond donors (Lipinski definition) is 2. The Kier molecular flexibility index (Phi) is 6.50. The molecule has 1 atom stereocenters. The van der Waals surface area contributed by atoms with Crippen molar-refractivity contribution in [1.82, 2.24) is 0 Å². The normalized spacial score (nSPS) is 12.1. The number of esters is 1. The highest BCUT2D eigenvalue weighted by molar-refractivity contribution is 6.33. The van der Waals surface area contributed by atoms with E-state index in [-0.39, 0.29) is 22.0 Å². The molecule has 0 heterocycles. The third-order valence-electron chi connectivity index (χ3n) is 4.25. The summed E-state index contributed by atoms with van der Waals surface area (Å²) in [6.45, 7) is 0. The third kappa shape index (κ3) is 5.55. The lowest BCUT2D eigenvalue weighted by molar-refractivity contribution is -0.137. The molecule has 3 rings (SSSR count). The maximum atomic E-state index is 12.9. The van der Waals surface area contributed by atoms with E-state index in [1.165, 1.54) is 30.3 Å². The van der Waals surface area contributed by atoms with Gasteiger partial charge in [-0.05, 0) is 36.4 Å². The molecule has 1 unspecified atom stereocenters. The van der Waals surface area contributed by atoms with Crippen LogP contribution >= 0.6 is 11.6 Å². The second kappa shape index (κ2) is 9.09. The molecule has 160 valence electrons. The fourth-order valence-corrected chi connectivity index (χ4v) is 2.85. The summed E-state index contributed by atoms with van der Waals surface area (Å²) in [4.78, 5) is 25.4. The summed E-state index contributed by atoms with van der Waals surface area (Å²) in [5, 5.41) is 2.62. The van der Waals surface area contributed by atoms with Crippen LogP contribution in [0, 0.1) is 0 Å². The number of nitrogens with two attached hydrogens (primary N) is 1. The van der Waals surface area contributed by atoms with Gasteiger partial charge >= 0.3 is 12.1 Å². The molecule has 3 aromatic carbocycles. The molecule has 3 N–H and O–H groups in total. The van der Waals surface area contributed by atoms with Crippen LogP contribution in [0.15, 0.2) is 72.8 Å². The van der Waals surface area contributed by atoms with Crippen LogP contribution in [0.1, 0.15) is 27.6 Å². The quantitative estimate of drug-likeness (QED) is 0.400. The maximum absolute atomic E-state index is 12.9. The van der Waals surface area contributed by atoms with E-state index < -0.39 is 29.7 Å². The number of anilines is 2. The van der Waals surface area contributed by atoms with Crippen LogP contribution in [-0.4, -0.2) is 11.9 Å². The summed E-state index contributed by atoms with van der Waals surface area (Å²) in [6.07, 6.45) is -5.99. The van der Waals surface area contributed by atoms with Gasteiger partial charge in [0.2, 0.25) is 6.10 Å². The van der Waals surface area contributed by atoms with Crippen molar-refractivity contribution in [3.63, 3.8) is 0 Å². The number of carbonyl (C=O) groups excluding carboxylic acids is 2. The monoisotopic (exact) mass is 448 g/mol. The minimum atomic E-state index is -4.57. The topological polar surface area (TPSA) is 81.4 Å². The van der Waals surface area contributed by atoms with E-state index in [9.17, 15) is 22.8 Å². The summed E-state index contributed by atoms with van der Waals surface area (Å²) in [5.74, 6) is -1.67. The molecule has 0 bridgehead atoms. The second-order valence-electron chi connectivity index (χ2n) is 6.50. The number of ether oxygens (including phenoxy) is 1. The van der Waals surface area contributed by atoms with Crippen LogP contribution in [0.3, 0.4) is 0 Å². The molecule has 0 fully saturated rings. The van der Waals surface area contributed by atoms with Crippen molar-refractivity contribution in [1.29, 1.82) is 0 Å². The molecule has 5 nitrogen and oxygen atoms in total. The van der Waals surface area contributed by atoms with E-state index >= 15 is 0 Å². The number of amides is 1. The molecule has 31 heavy (non-hydrogen) atoms. The highest BCUT2D eigenvalue weighted by atomic mass is 35.5. The van der Waals surface area contributed by atoms with Crippen molar-refractivity contribution in [3.05, 3.63) is 94.5 Å². The van der Waals surface area contributed by atoms with Crippen molar-refractivity contribution in [2.45, 2.75) is 12.3 Å². The molecular weight excluding hydrogens is 433 g/mol. The summed E-state index contributed by atoms with van der Waals surface area (Å²) in [5.41, 5.74) is 5.24. The van der Waals surface area contributed by atoms with Crippen molar-refractivity contribution in [3.8, 4) is 0 Å². The number of hydrogen-bond acceptors (Lipinski definition) is 4. The molecule has 0 saturated carbocycles. The number of rotatable bonds is 5. The molecule has 3 aromatic rings. The average Bonchev–Trinajstić information content (AvgIpc) is 2.74. The average molecular weight is 449 g/mol. The van der Waals surface area contributed by atoms with Gasteiger partial charge in [0.25, 0.3) is 5.91 Å². The summed E-state index contributed by atoms with van der Waals surface area (Å²) < 4.78 is 44.2. The van der Waals surface area contributed by atoms with Gasteiger partial charge in [-0.3, -0.25) is 4.79 Å². The first-order chi connectivity index (χ1) is 14.6. The smallest absolute Gasteiger partial charge is 0.416 e. The van der Waals surface area contributed by atoms with Crippen molar-refractivity contribution in [2.75, 3.05) is 11.1 Å². The van der Waals surface area contributed by atoms with E-state index in [0.717, 1.165) is 12.1 Å². The van der Waals surface area contributed by atoms with E-state index in [0.29, 0.717) is 5.56 Å². The zero-order chi connectivity index (χ0) is 22.6. The van der Waals surface area contributed by atoms with E-state index in [2.05, 4.69) is 5.32 Å². The van der Waals surface area contributed by atoms with Crippen molar-refractivity contribution < 1.29 is 27.5 Å². The predicted octanol–water partition coefficient (Wildman–Crippen LogP) is 5.48. The minimum absolute atomic E-state index is 0.0645. The summed E-state index contributed by atoms with van der Waals surface area (Å²) in [7, 11) is 0. The number of benzene rings is 3. The van der Waals surface area contributed by atoms with E-state index in [1.54, 1.807) is 30.3 Å². The van der Waals surface area contributed by atoms with Gasteiger partial charge in [-0.25, -0.2) is 4.79 Å². The Labute approximate surface area is 180 Å². The molecule has 1 amide bonds. The van der Waals surface area contributed by atoms with Gasteiger partial charge in [-0.1, -0.05) is 48.0 Å². The molecule has 0 aromatic heterocycles. The zero-order valence-electron chi connectivity index (χ0n) is 15.8. The predicted molar refractivity (Wildman–Crippen MR) is 111 cm³/mol. The lowest BCUT2D eigenvalue weighted by Gasteiger charge is -2.19. The van der Waals surface area contributed by atoms with Crippen LogP contribution in [-0.2, 0) is 15.7 Å². The lowest BCUT2D eigenvalue weighted by atomic mass is 10.1. The SMILES string of the molecule is Nc1cc(C(=O)OC(C(=O)Nc2cccc(C(F)(F)F)c2)c2ccccc2)ccc1Cl. The zero-order valence-corrected chi connectivity index (χ0v) is 16.6. The number of nitrogens with one attached hydrogen (secondary N) is 1. The number of nitrogen functional groups attached to an aromatic ring is 1. The van der Waals surface area contributed by atoms with Crippen molar-refractivity contribution in [2.24, 2.45) is 0 Å². The number of halogens is 4. The number of alkyl halides is 3.